The van der Waals surface area contributed by atoms with Gasteiger partial charge in [0.1, 0.15) is 22.8 Å². The Morgan fingerprint density at radius 1 is 1.04 bits per heavy atom. The Morgan fingerprint density at radius 2 is 1.62 bits per heavy atom. The summed E-state index contributed by atoms with van der Waals surface area (Å²) < 4.78 is 20.9. The number of nitrogens with zero attached hydrogens (tertiary/aromatic N) is 1. The lowest BCUT2D eigenvalue weighted by Gasteiger charge is -2.14. The Balaban J connectivity index is 2.34. The summed E-state index contributed by atoms with van der Waals surface area (Å²) in [6.07, 6.45) is 0. The van der Waals surface area contributed by atoms with Gasteiger partial charge < -0.3 is 18.7 Å². The molecule has 0 bridgehead atoms. The summed E-state index contributed by atoms with van der Waals surface area (Å²) in [4.78, 5) is 12.6. The van der Waals surface area contributed by atoms with Gasteiger partial charge in [-0.15, -0.1) is 0 Å². The van der Waals surface area contributed by atoms with Crippen molar-refractivity contribution in [1.29, 1.82) is 0 Å². The van der Waals surface area contributed by atoms with E-state index in [0.29, 0.717) is 17.2 Å². The molecule has 0 aliphatic heterocycles. The molecule has 0 saturated carbocycles. The van der Waals surface area contributed by atoms with E-state index in [9.17, 15) is 4.79 Å². The Hall–Kier alpha value is -2.70. The van der Waals surface area contributed by atoms with Crippen LogP contribution in [-0.4, -0.2) is 32.4 Å². The SMILES string of the molecule is COc1cc(OC)c(C(=O)Nc2cc(C(C)(C)C)no2)c(OC)c1. The fourth-order valence-electron chi connectivity index (χ4n) is 2.09. The summed E-state index contributed by atoms with van der Waals surface area (Å²) >= 11 is 0. The topological polar surface area (TPSA) is 82.8 Å². The molecule has 1 amide bonds. The van der Waals surface area contributed by atoms with Gasteiger partial charge in [0.15, 0.2) is 0 Å². The summed E-state index contributed by atoms with van der Waals surface area (Å²) in [5.74, 6) is 1.02. The van der Waals surface area contributed by atoms with Crippen LogP contribution in [0.4, 0.5) is 5.88 Å². The normalized spacial score (nSPS) is 11.1. The number of ether oxygens (including phenoxy) is 3. The third kappa shape index (κ3) is 3.61. The number of carbonyl (C=O) groups is 1. The van der Waals surface area contributed by atoms with Crippen molar-refractivity contribution in [3.63, 3.8) is 0 Å². The Labute approximate surface area is 140 Å². The highest BCUT2D eigenvalue weighted by atomic mass is 16.5. The highest BCUT2D eigenvalue weighted by molar-refractivity contribution is 6.07. The number of methoxy groups -OCH3 is 3. The van der Waals surface area contributed by atoms with Crippen LogP contribution in [0.25, 0.3) is 0 Å². The Kier molecular flexibility index (Phi) is 5.02. The minimum atomic E-state index is -0.428. The number of hydrogen-bond donors (Lipinski definition) is 1. The third-order valence-corrected chi connectivity index (χ3v) is 3.46. The predicted octanol–water partition coefficient (Wildman–Crippen LogP) is 3.25. The number of carbonyl (C=O) groups excluding carboxylic acids is 1. The summed E-state index contributed by atoms with van der Waals surface area (Å²) in [7, 11) is 4.46. The van der Waals surface area contributed by atoms with E-state index in [0.717, 1.165) is 5.69 Å². The van der Waals surface area contributed by atoms with E-state index >= 15 is 0 Å². The fraction of sp³-hybridized carbons (Fsp3) is 0.412. The summed E-state index contributed by atoms with van der Waals surface area (Å²) in [6.45, 7) is 6.02. The zero-order valence-electron chi connectivity index (χ0n) is 14.7. The highest BCUT2D eigenvalue weighted by Crippen LogP contribution is 2.34. The maximum Gasteiger partial charge on any atom is 0.265 e. The first-order valence-corrected chi connectivity index (χ1v) is 7.38. The molecule has 0 saturated heterocycles. The zero-order chi connectivity index (χ0) is 17.9. The van der Waals surface area contributed by atoms with Crippen molar-refractivity contribution < 1.29 is 23.5 Å². The Morgan fingerprint density at radius 3 is 2.04 bits per heavy atom. The van der Waals surface area contributed by atoms with Crippen molar-refractivity contribution in [2.75, 3.05) is 26.6 Å². The quantitative estimate of drug-likeness (QED) is 0.904. The number of benzene rings is 1. The molecule has 7 heteroatoms. The molecule has 2 aromatic rings. The second-order valence-corrected chi connectivity index (χ2v) is 6.19. The Bertz CT molecular complexity index is 706. The monoisotopic (exact) mass is 334 g/mol. The molecular formula is C17H22N2O5. The molecule has 130 valence electrons. The van der Waals surface area contributed by atoms with Crippen LogP contribution < -0.4 is 19.5 Å². The van der Waals surface area contributed by atoms with Crippen LogP contribution in [0.3, 0.4) is 0 Å². The van der Waals surface area contributed by atoms with E-state index in [1.165, 1.54) is 21.3 Å². The van der Waals surface area contributed by atoms with Crippen molar-refractivity contribution >= 4 is 11.8 Å². The summed E-state index contributed by atoms with van der Waals surface area (Å²) in [5, 5.41) is 6.64. The zero-order valence-corrected chi connectivity index (χ0v) is 14.7. The largest absolute Gasteiger partial charge is 0.496 e. The lowest BCUT2D eigenvalue weighted by Crippen LogP contribution is -2.15. The van der Waals surface area contributed by atoms with Gasteiger partial charge in [0.05, 0.1) is 27.0 Å². The number of anilines is 1. The van der Waals surface area contributed by atoms with E-state index < -0.39 is 5.91 Å². The van der Waals surface area contributed by atoms with Crippen LogP contribution >= 0.6 is 0 Å². The van der Waals surface area contributed by atoms with Gasteiger partial charge in [0, 0.05) is 23.6 Å². The van der Waals surface area contributed by atoms with Crippen molar-refractivity contribution in [2.24, 2.45) is 0 Å². The number of amides is 1. The molecule has 0 radical (unpaired) electrons. The number of nitrogens with one attached hydrogen (secondary N) is 1. The molecular weight excluding hydrogens is 312 g/mol. The van der Waals surface area contributed by atoms with Crippen LogP contribution in [0.15, 0.2) is 22.7 Å². The molecule has 7 nitrogen and oxygen atoms in total. The van der Waals surface area contributed by atoms with E-state index in [-0.39, 0.29) is 16.9 Å². The second-order valence-electron chi connectivity index (χ2n) is 6.19. The second kappa shape index (κ2) is 6.82. The van der Waals surface area contributed by atoms with Gasteiger partial charge in [-0.05, 0) is 0 Å². The van der Waals surface area contributed by atoms with Crippen LogP contribution in [-0.2, 0) is 5.41 Å². The van der Waals surface area contributed by atoms with Crippen molar-refractivity contribution in [3.8, 4) is 17.2 Å². The van der Waals surface area contributed by atoms with E-state index in [2.05, 4.69) is 10.5 Å². The third-order valence-electron chi connectivity index (χ3n) is 3.46. The van der Waals surface area contributed by atoms with Crippen LogP contribution in [0.1, 0.15) is 36.8 Å². The molecule has 1 N–H and O–H groups in total. The highest BCUT2D eigenvalue weighted by Gasteiger charge is 2.23. The molecule has 0 unspecified atom stereocenters. The van der Waals surface area contributed by atoms with E-state index in [4.69, 9.17) is 18.7 Å². The van der Waals surface area contributed by atoms with Crippen molar-refractivity contribution in [3.05, 3.63) is 29.5 Å². The van der Waals surface area contributed by atoms with Gasteiger partial charge in [-0.1, -0.05) is 25.9 Å². The lowest BCUT2D eigenvalue weighted by atomic mass is 9.92. The van der Waals surface area contributed by atoms with E-state index in [1.54, 1.807) is 18.2 Å². The fourth-order valence-corrected chi connectivity index (χ4v) is 2.09. The summed E-state index contributed by atoms with van der Waals surface area (Å²) in [6, 6.07) is 4.91. The van der Waals surface area contributed by atoms with Gasteiger partial charge in [-0.3, -0.25) is 10.1 Å². The molecule has 0 spiro atoms. The van der Waals surface area contributed by atoms with Crippen LogP contribution in [0, 0.1) is 0 Å². The number of hydrogen-bond acceptors (Lipinski definition) is 6. The maximum absolute atomic E-state index is 12.6. The predicted molar refractivity (Wildman–Crippen MR) is 89.3 cm³/mol. The van der Waals surface area contributed by atoms with Crippen LogP contribution in [0.2, 0.25) is 0 Å². The average molecular weight is 334 g/mol. The standard InChI is InChI=1S/C17H22N2O5/c1-17(2,3)13-9-14(24-19-13)18-16(20)15-11(22-5)7-10(21-4)8-12(15)23-6/h7-9H,1-6H3,(H,18,20). The van der Waals surface area contributed by atoms with Gasteiger partial charge in [0.25, 0.3) is 5.91 Å². The molecule has 24 heavy (non-hydrogen) atoms. The molecule has 0 aliphatic rings. The molecule has 1 heterocycles. The molecule has 2 rings (SSSR count). The van der Waals surface area contributed by atoms with Gasteiger partial charge in [-0.2, -0.15) is 0 Å². The van der Waals surface area contributed by atoms with Crippen molar-refractivity contribution in [2.45, 2.75) is 26.2 Å². The smallest absolute Gasteiger partial charge is 0.265 e. The molecule has 1 aromatic carbocycles. The molecule has 1 aromatic heterocycles. The van der Waals surface area contributed by atoms with Crippen LogP contribution in [0.5, 0.6) is 17.2 Å². The molecule has 0 atom stereocenters. The number of rotatable bonds is 5. The first-order valence-electron chi connectivity index (χ1n) is 7.38. The minimum Gasteiger partial charge on any atom is -0.496 e. The van der Waals surface area contributed by atoms with Crippen molar-refractivity contribution in [1.82, 2.24) is 5.16 Å². The lowest BCUT2D eigenvalue weighted by molar-refractivity contribution is 0.101. The average Bonchev–Trinajstić information content (AvgIpc) is 3.01. The van der Waals surface area contributed by atoms with E-state index in [1.807, 2.05) is 20.8 Å². The molecule has 0 aliphatic carbocycles. The first kappa shape index (κ1) is 17.7. The molecule has 0 fully saturated rings. The summed E-state index contributed by atoms with van der Waals surface area (Å²) in [5.41, 5.74) is 0.808. The van der Waals surface area contributed by atoms with Gasteiger partial charge in [-0.25, -0.2) is 0 Å². The first-order chi connectivity index (χ1) is 11.3. The van der Waals surface area contributed by atoms with Gasteiger partial charge >= 0.3 is 0 Å². The van der Waals surface area contributed by atoms with Gasteiger partial charge in [0.2, 0.25) is 5.88 Å². The maximum atomic E-state index is 12.6. The number of aromatic nitrogens is 1. The minimum absolute atomic E-state index is 0.179.